The minimum absolute atomic E-state index is 0.0557. The van der Waals surface area contributed by atoms with Crippen LogP contribution in [0, 0.1) is 0 Å². The number of rotatable bonds is 5. The lowest BCUT2D eigenvalue weighted by Gasteiger charge is -2.16. The van der Waals surface area contributed by atoms with Crippen molar-refractivity contribution >= 4 is 35.0 Å². The minimum atomic E-state index is -0.285. The summed E-state index contributed by atoms with van der Waals surface area (Å²) in [4.78, 5) is 16.6. The van der Waals surface area contributed by atoms with Gasteiger partial charge in [0.15, 0.2) is 0 Å². The maximum absolute atomic E-state index is 12.4. The summed E-state index contributed by atoms with van der Waals surface area (Å²) in [6.45, 7) is 6.07. The molecule has 1 amide bonds. The Morgan fingerprint density at radius 3 is 2.59 bits per heavy atom. The molecule has 2 aromatic rings. The molecule has 0 fully saturated rings. The molecule has 1 unspecified atom stereocenters. The summed E-state index contributed by atoms with van der Waals surface area (Å²) in [5.41, 5.74) is 1.99. The number of hydrogen-bond acceptors (Lipinski definition) is 3. The van der Waals surface area contributed by atoms with Gasteiger partial charge in [0.25, 0.3) is 0 Å². The number of amides is 1. The van der Waals surface area contributed by atoms with Crippen LogP contribution in [0.2, 0.25) is 5.02 Å². The lowest BCUT2D eigenvalue weighted by Crippen LogP contribution is -2.23. The monoisotopic (exact) mass is 334 g/mol. The van der Waals surface area contributed by atoms with Crippen LogP contribution in [0.4, 0.5) is 5.69 Å². The van der Waals surface area contributed by atoms with E-state index in [1.165, 1.54) is 11.8 Å². The average Bonchev–Trinajstić information content (AvgIpc) is 2.49. The summed E-state index contributed by atoms with van der Waals surface area (Å²) in [6.07, 6.45) is 1.67. The minimum Gasteiger partial charge on any atom is -0.325 e. The van der Waals surface area contributed by atoms with Crippen LogP contribution in [-0.2, 0) is 4.79 Å². The van der Waals surface area contributed by atoms with Crippen molar-refractivity contribution in [3.05, 3.63) is 53.2 Å². The van der Waals surface area contributed by atoms with Crippen molar-refractivity contribution in [2.45, 2.75) is 37.0 Å². The normalized spacial score (nSPS) is 12.2. The number of nitrogens with zero attached hydrogens (tertiary/aromatic N) is 1. The first kappa shape index (κ1) is 16.8. The van der Waals surface area contributed by atoms with Crippen molar-refractivity contribution < 1.29 is 4.79 Å². The van der Waals surface area contributed by atoms with Crippen LogP contribution in [-0.4, -0.2) is 16.1 Å². The predicted molar refractivity (Wildman–Crippen MR) is 93.7 cm³/mol. The van der Waals surface area contributed by atoms with Crippen molar-refractivity contribution in [1.29, 1.82) is 0 Å². The van der Waals surface area contributed by atoms with Crippen LogP contribution in [0.3, 0.4) is 0 Å². The lowest BCUT2D eigenvalue weighted by molar-refractivity contribution is -0.115. The van der Waals surface area contributed by atoms with Gasteiger partial charge in [0.1, 0.15) is 5.03 Å². The van der Waals surface area contributed by atoms with Crippen molar-refractivity contribution in [3.63, 3.8) is 0 Å². The average molecular weight is 335 g/mol. The maximum Gasteiger partial charge on any atom is 0.237 e. The lowest BCUT2D eigenvalue weighted by atomic mass is 10.0. The van der Waals surface area contributed by atoms with E-state index < -0.39 is 0 Å². The molecule has 1 atom stereocenters. The molecule has 1 heterocycles. The molecular weight excluding hydrogens is 316 g/mol. The highest BCUT2D eigenvalue weighted by atomic mass is 35.5. The molecule has 0 aliphatic heterocycles. The Morgan fingerprint density at radius 1 is 1.18 bits per heavy atom. The fourth-order valence-corrected chi connectivity index (χ4v) is 3.09. The molecule has 1 aromatic carbocycles. The van der Waals surface area contributed by atoms with Gasteiger partial charge in [0.05, 0.1) is 10.3 Å². The largest absolute Gasteiger partial charge is 0.325 e. The van der Waals surface area contributed by atoms with E-state index in [-0.39, 0.29) is 11.2 Å². The Kier molecular flexibility index (Phi) is 5.86. The molecule has 0 spiro atoms. The number of hydrogen-bond donors (Lipinski definition) is 1. The van der Waals surface area contributed by atoms with Gasteiger partial charge in [-0.25, -0.2) is 4.98 Å². The molecule has 3 nitrogen and oxygen atoms in total. The Labute approximate surface area is 140 Å². The molecule has 0 saturated heterocycles. The van der Waals surface area contributed by atoms with Gasteiger partial charge in [-0.05, 0) is 36.6 Å². The molecule has 0 bridgehead atoms. The summed E-state index contributed by atoms with van der Waals surface area (Å²) in [6, 6.07) is 11.4. The standard InChI is InChI=1S/C17H19ClN2OS/c1-11(2)13-7-4-5-9-15(13)20-16(21)12(3)22-17-14(18)8-6-10-19-17/h4-12H,1-3H3,(H,20,21). The van der Waals surface area contributed by atoms with E-state index in [0.717, 1.165) is 11.3 Å². The van der Waals surface area contributed by atoms with Gasteiger partial charge in [-0.3, -0.25) is 4.79 Å². The van der Waals surface area contributed by atoms with Crippen LogP contribution in [0.25, 0.3) is 0 Å². The second-order valence-corrected chi connectivity index (χ2v) is 7.02. The smallest absolute Gasteiger partial charge is 0.237 e. The predicted octanol–water partition coefficient (Wildman–Crippen LogP) is 4.98. The third-order valence-corrected chi connectivity index (χ3v) is 4.76. The summed E-state index contributed by atoms with van der Waals surface area (Å²) < 4.78 is 0. The highest BCUT2D eigenvalue weighted by Gasteiger charge is 2.18. The zero-order valence-electron chi connectivity index (χ0n) is 12.8. The SMILES string of the molecule is CC(Sc1ncccc1Cl)C(=O)Nc1ccccc1C(C)C. The number of aromatic nitrogens is 1. The first-order valence-electron chi connectivity index (χ1n) is 7.16. The summed E-state index contributed by atoms with van der Waals surface area (Å²) in [5.74, 6) is 0.296. The number of carbonyl (C=O) groups is 1. The van der Waals surface area contributed by atoms with Gasteiger partial charge in [0.2, 0.25) is 5.91 Å². The van der Waals surface area contributed by atoms with E-state index >= 15 is 0 Å². The van der Waals surface area contributed by atoms with Gasteiger partial charge >= 0.3 is 0 Å². The topological polar surface area (TPSA) is 42.0 Å². The zero-order chi connectivity index (χ0) is 16.1. The fourth-order valence-electron chi connectivity index (χ4n) is 2.03. The van der Waals surface area contributed by atoms with Crippen LogP contribution in [0.5, 0.6) is 0 Å². The number of thioether (sulfide) groups is 1. The second kappa shape index (κ2) is 7.65. The number of pyridine rings is 1. The quantitative estimate of drug-likeness (QED) is 0.784. The molecule has 116 valence electrons. The molecular formula is C17H19ClN2OS. The van der Waals surface area contributed by atoms with Gasteiger partial charge in [-0.2, -0.15) is 0 Å². The zero-order valence-corrected chi connectivity index (χ0v) is 14.4. The molecule has 5 heteroatoms. The van der Waals surface area contributed by atoms with Crippen LogP contribution >= 0.6 is 23.4 Å². The maximum atomic E-state index is 12.4. The number of benzene rings is 1. The molecule has 0 radical (unpaired) electrons. The molecule has 1 N–H and O–H groups in total. The van der Waals surface area contributed by atoms with E-state index in [1.807, 2.05) is 31.2 Å². The van der Waals surface area contributed by atoms with E-state index in [2.05, 4.69) is 24.1 Å². The first-order chi connectivity index (χ1) is 10.5. The fraction of sp³-hybridized carbons (Fsp3) is 0.294. The van der Waals surface area contributed by atoms with Crippen molar-refractivity contribution in [1.82, 2.24) is 4.98 Å². The molecule has 0 saturated carbocycles. The third kappa shape index (κ3) is 4.24. The van der Waals surface area contributed by atoms with Crippen molar-refractivity contribution in [3.8, 4) is 0 Å². The number of halogens is 1. The van der Waals surface area contributed by atoms with Crippen LogP contribution < -0.4 is 5.32 Å². The molecule has 22 heavy (non-hydrogen) atoms. The van der Waals surface area contributed by atoms with Gasteiger partial charge in [-0.1, -0.05) is 55.4 Å². The Balaban J connectivity index is 2.08. The van der Waals surface area contributed by atoms with Crippen molar-refractivity contribution in [2.75, 3.05) is 5.32 Å². The van der Waals surface area contributed by atoms with E-state index in [4.69, 9.17) is 11.6 Å². The van der Waals surface area contributed by atoms with E-state index in [0.29, 0.717) is 16.0 Å². The Morgan fingerprint density at radius 2 is 1.91 bits per heavy atom. The van der Waals surface area contributed by atoms with Crippen molar-refractivity contribution in [2.24, 2.45) is 0 Å². The molecule has 2 rings (SSSR count). The number of nitrogens with one attached hydrogen (secondary N) is 1. The van der Waals surface area contributed by atoms with Gasteiger partial charge in [0, 0.05) is 11.9 Å². The molecule has 0 aliphatic carbocycles. The summed E-state index contributed by atoms with van der Waals surface area (Å²) in [7, 11) is 0. The molecule has 0 aliphatic rings. The second-order valence-electron chi connectivity index (χ2n) is 5.28. The van der Waals surface area contributed by atoms with E-state index in [1.54, 1.807) is 18.3 Å². The van der Waals surface area contributed by atoms with E-state index in [9.17, 15) is 4.79 Å². The van der Waals surface area contributed by atoms with Gasteiger partial charge in [-0.15, -0.1) is 0 Å². The Bertz CT molecular complexity index is 661. The summed E-state index contributed by atoms with van der Waals surface area (Å²) >= 11 is 7.44. The van der Waals surface area contributed by atoms with Crippen LogP contribution in [0.1, 0.15) is 32.3 Å². The van der Waals surface area contributed by atoms with Gasteiger partial charge < -0.3 is 5.32 Å². The Hall–Kier alpha value is -1.52. The number of para-hydroxylation sites is 1. The summed E-state index contributed by atoms with van der Waals surface area (Å²) in [5, 5.41) is 3.95. The highest BCUT2D eigenvalue weighted by Crippen LogP contribution is 2.29. The third-order valence-electron chi connectivity index (χ3n) is 3.22. The molecule has 1 aromatic heterocycles. The first-order valence-corrected chi connectivity index (χ1v) is 8.41. The number of anilines is 1. The highest BCUT2D eigenvalue weighted by molar-refractivity contribution is 8.00. The van der Waals surface area contributed by atoms with Crippen LogP contribution in [0.15, 0.2) is 47.6 Å². The number of carbonyl (C=O) groups excluding carboxylic acids is 1.